The minimum Gasteiger partial charge on any atom is -0.495 e. The molecule has 114 valence electrons. The second-order valence-corrected chi connectivity index (χ2v) is 5.84. The smallest absolute Gasteiger partial charge is 0.495 e. The quantitative estimate of drug-likeness (QED) is 0.354. The molecule has 0 saturated heterocycles. The summed E-state index contributed by atoms with van der Waals surface area (Å²) in [6, 6.07) is 12.9. The molecule has 0 saturated carbocycles. The van der Waals surface area contributed by atoms with Crippen molar-refractivity contribution >= 4 is 22.0 Å². The number of ether oxygens (including phenoxy) is 1. The standard InChI is InChI=1S/C16H14O5S.Na/c1-21-15-10-8-12(11-16(15)22(18,19)20)7-9-14(17)13-5-3-2-4-6-13;/h2-11H,1H3,(H,18,19,20);/q;+1/b9-7+;. The van der Waals surface area contributed by atoms with Crippen LogP contribution in [0, 0.1) is 0 Å². The molecule has 0 bridgehead atoms. The summed E-state index contributed by atoms with van der Waals surface area (Å²) in [4.78, 5) is 11.6. The summed E-state index contributed by atoms with van der Waals surface area (Å²) >= 11 is 0. The SMILES string of the molecule is COc1ccc(/C=C/C(=O)c2ccccc2)cc1S(=O)(=O)O.[Na+]. The van der Waals surface area contributed by atoms with Gasteiger partial charge in [0.05, 0.1) is 7.11 Å². The van der Waals surface area contributed by atoms with Crippen LogP contribution in [0.15, 0.2) is 59.5 Å². The number of ketones is 1. The third-order valence-corrected chi connectivity index (χ3v) is 3.83. The van der Waals surface area contributed by atoms with Gasteiger partial charge in [0.15, 0.2) is 5.78 Å². The van der Waals surface area contributed by atoms with Crippen molar-refractivity contribution in [2.24, 2.45) is 0 Å². The molecule has 2 rings (SSSR count). The Hall–Kier alpha value is -1.44. The Kier molecular flexibility index (Phi) is 7.18. The van der Waals surface area contributed by atoms with Crippen LogP contribution in [0.2, 0.25) is 0 Å². The number of rotatable bonds is 5. The van der Waals surface area contributed by atoms with E-state index < -0.39 is 10.1 Å². The van der Waals surface area contributed by atoms with Crippen LogP contribution in [-0.2, 0) is 10.1 Å². The summed E-state index contributed by atoms with van der Waals surface area (Å²) in [6.45, 7) is 0. The molecule has 0 aliphatic carbocycles. The van der Waals surface area contributed by atoms with Crippen LogP contribution in [0.5, 0.6) is 5.75 Å². The maximum atomic E-state index is 11.9. The molecule has 0 unspecified atom stereocenters. The molecule has 7 heteroatoms. The van der Waals surface area contributed by atoms with Gasteiger partial charge in [-0.15, -0.1) is 0 Å². The molecule has 0 aromatic heterocycles. The number of allylic oxidation sites excluding steroid dienone is 1. The Balaban J connectivity index is 0.00000264. The summed E-state index contributed by atoms with van der Waals surface area (Å²) in [5, 5.41) is 0. The van der Waals surface area contributed by atoms with Crippen LogP contribution in [0.1, 0.15) is 15.9 Å². The first-order chi connectivity index (χ1) is 10.4. The van der Waals surface area contributed by atoms with Crippen molar-refractivity contribution in [3.63, 3.8) is 0 Å². The van der Waals surface area contributed by atoms with Gasteiger partial charge in [-0.2, -0.15) is 8.42 Å². The van der Waals surface area contributed by atoms with E-state index in [1.165, 1.54) is 31.4 Å². The molecule has 5 nitrogen and oxygen atoms in total. The van der Waals surface area contributed by atoms with Gasteiger partial charge in [-0.3, -0.25) is 9.35 Å². The minimum absolute atomic E-state index is 0. The fourth-order valence-corrected chi connectivity index (χ4v) is 2.56. The average molecular weight is 341 g/mol. The van der Waals surface area contributed by atoms with E-state index >= 15 is 0 Å². The Morgan fingerprint density at radius 3 is 2.35 bits per heavy atom. The molecule has 0 atom stereocenters. The third-order valence-electron chi connectivity index (χ3n) is 2.95. The first-order valence-corrected chi connectivity index (χ1v) is 7.79. The summed E-state index contributed by atoms with van der Waals surface area (Å²) in [5.74, 6) is -0.168. The third kappa shape index (κ3) is 5.30. The van der Waals surface area contributed by atoms with E-state index in [-0.39, 0.29) is 46.0 Å². The van der Waals surface area contributed by atoms with Gasteiger partial charge in [-0.1, -0.05) is 42.5 Å². The molecule has 0 heterocycles. The molecule has 0 aliphatic rings. The van der Waals surface area contributed by atoms with E-state index in [1.807, 2.05) is 6.07 Å². The molecule has 2 aromatic carbocycles. The van der Waals surface area contributed by atoms with Crippen LogP contribution in [0.4, 0.5) is 0 Å². The van der Waals surface area contributed by atoms with Crippen molar-refractivity contribution in [2.75, 3.05) is 7.11 Å². The molecule has 23 heavy (non-hydrogen) atoms. The van der Waals surface area contributed by atoms with E-state index in [9.17, 15) is 17.8 Å². The largest absolute Gasteiger partial charge is 1.00 e. The number of hydrogen-bond donors (Lipinski definition) is 1. The van der Waals surface area contributed by atoms with Crippen molar-refractivity contribution in [3.05, 3.63) is 65.7 Å². The van der Waals surface area contributed by atoms with Crippen molar-refractivity contribution < 1.29 is 52.1 Å². The van der Waals surface area contributed by atoms with Crippen molar-refractivity contribution in [3.8, 4) is 5.75 Å². The second-order valence-electron chi connectivity index (χ2n) is 4.45. The molecule has 0 aliphatic heterocycles. The van der Waals surface area contributed by atoms with Crippen LogP contribution in [0.25, 0.3) is 6.08 Å². The average Bonchev–Trinajstić information content (AvgIpc) is 2.52. The fraction of sp³-hybridized carbons (Fsp3) is 0.0625. The summed E-state index contributed by atoms with van der Waals surface area (Å²) in [6.07, 6.45) is 2.81. The van der Waals surface area contributed by atoms with Gasteiger partial charge < -0.3 is 4.74 Å². The van der Waals surface area contributed by atoms with Crippen molar-refractivity contribution in [1.29, 1.82) is 0 Å². The van der Waals surface area contributed by atoms with Crippen LogP contribution >= 0.6 is 0 Å². The molecular weight excluding hydrogens is 327 g/mol. The van der Waals surface area contributed by atoms with Gasteiger partial charge in [0, 0.05) is 5.56 Å². The predicted molar refractivity (Wildman–Crippen MR) is 82.6 cm³/mol. The maximum absolute atomic E-state index is 11.9. The van der Waals surface area contributed by atoms with Gasteiger partial charge in [-0.05, 0) is 23.8 Å². The predicted octanol–water partition coefficient (Wildman–Crippen LogP) is -0.158. The van der Waals surface area contributed by atoms with Crippen molar-refractivity contribution in [2.45, 2.75) is 4.90 Å². The van der Waals surface area contributed by atoms with Gasteiger partial charge in [-0.25, -0.2) is 0 Å². The summed E-state index contributed by atoms with van der Waals surface area (Å²) in [7, 11) is -3.10. The number of hydrogen-bond acceptors (Lipinski definition) is 4. The molecule has 0 spiro atoms. The monoisotopic (exact) mass is 341 g/mol. The number of carbonyl (C=O) groups excluding carboxylic acids is 1. The molecule has 0 fully saturated rings. The number of methoxy groups -OCH3 is 1. The summed E-state index contributed by atoms with van der Waals surface area (Å²) in [5.41, 5.74) is 0.986. The topological polar surface area (TPSA) is 80.7 Å². The molecule has 1 N–H and O–H groups in total. The zero-order valence-corrected chi connectivity index (χ0v) is 15.6. The fourth-order valence-electron chi connectivity index (χ4n) is 1.87. The van der Waals surface area contributed by atoms with Gasteiger partial charge >= 0.3 is 29.6 Å². The summed E-state index contributed by atoms with van der Waals surface area (Å²) < 4.78 is 36.7. The molecular formula is C16H14NaO5S+. The van der Waals surface area contributed by atoms with Gasteiger partial charge in [0.1, 0.15) is 10.6 Å². The van der Waals surface area contributed by atoms with E-state index in [1.54, 1.807) is 30.3 Å². The first-order valence-electron chi connectivity index (χ1n) is 6.35. The molecule has 0 amide bonds. The van der Waals surface area contributed by atoms with Crippen molar-refractivity contribution in [1.82, 2.24) is 0 Å². The zero-order valence-electron chi connectivity index (χ0n) is 12.8. The Morgan fingerprint density at radius 2 is 1.78 bits per heavy atom. The van der Waals surface area contributed by atoms with E-state index in [4.69, 9.17) is 4.74 Å². The Morgan fingerprint density at radius 1 is 1.13 bits per heavy atom. The Labute approximate surface area is 157 Å². The van der Waals surface area contributed by atoms with Gasteiger partial charge in [0.25, 0.3) is 10.1 Å². The molecule has 0 radical (unpaired) electrons. The normalized spacial score (nSPS) is 11.0. The maximum Gasteiger partial charge on any atom is 1.00 e. The van der Waals surface area contributed by atoms with E-state index in [2.05, 4.69) is 0 Å². The Bertz CT molecular complexity index is 814. The first kappa shape index (κ1) is 19.6. The van der Waals surface area contributed by atoms with Crippen LogP contribution in [0.3, 0.4) is 0 Å². The molecule has 2 aromatic rings. The minimum atomic E-state index is -4.40. The van der Waals surface area contributed by atoms with Gasteiger partial charge in [0.2, 0.25) is 0 Å². The van der Waals surface area contributed by atoms with Crippen LogP contribution < -0.4 is 34.3 Å². The van der Waals surface area contributed by atoms with E-state index in [0.717, 1.165) is 0 Å². The second kappa shape index (κ2) is 8.42. The number of carbonyl (C=O) groups is 1. The van der Waals surface area contributed by atoms with E-state index in [0.29, 0.717) is 11.1 Å². The van der Waals surface area contributed by atoms with Crippen LogP contribution in [-0.4, -0.2) is 25.9 Å². The zero-order chi connectivity index (χ0) is 16.2. The number of benzene rings is 2.